The van der Waals surface area contributed by atoms with Gasteiger partial charge < -0.3 is 9.30 Å². The minimum Gasteiger partial charge on any atom is -0.462 e. The first kappa shape index (κ1) is 18.6. The fourth-order valence-corrected chi connectivity index (χ4v) is 3.77. The topological polar surface area (TPSA) is 78.5 Å². The molecule has 0 aliphatic rings. The van der Waals surface area contributed by atoms with Crippen molar-refractivity contribution in [2.75, 3.05) is 6.61 Å². The van der Waals surface area contributed by atoms with Crippen molar-refractivity contribution in [2.24, 2.45) is 12.0 Å². The zero-order valence-electron chi connectivity index (χ0n) is 15.2. The van der Waals surface area contributed by atoms with Crippen molar-refractivity contribution >= 4 is 33.4 Å². The maximum atomic E-state index is 12.6. The van der Waals surface area contributed by atoms with Crippen LogP contribution in [-0.2, 0) is 18.3 Å². The Balaban J connectivity index is 2.12. The fraction of sp³-hybridized carbons (Fsp3) is 0.263. The summed E-state index contributed by atoms with van der Waals surface area (Å²) in [5, 5.41) is 4.16. The number of carbonyl (C=O) groups is 2. The Bertz CT molecular complexity index is 1140. The third kappa shape index (κ3) is 3.68. The van der Waals surface area contributed by atoms with Crippen LogP contribution in [0.15, 0.2) is 29.4 Å². The van der Waals surface area contributed by atoms with Crippen molar-refractivity contribution in [1.82, 2.24) is 14.3 Å². The lowest BCUT2D eigenvalue weighted by Gasteiger charge is -2.03. The van der Waals surface area contributed by atoms with Gasteiger partial charge in [-0.1, -0.05) is 17.3 Å². The zero-order valence-corrected chi connectivity index (χ0v) is 16.0. The van der Waals surface area contributed by atoms with E-state index in [1.165, 1.54) is 11.3 Å². The van der Waals surface area contributed by atoms with Gasteiger partial charge in [-0.05, 0) is 32.0 Å². The molecule has 2 aromatic heterocycles. The molecule has 3 aromatic rings. The summed E-state index contributed by atoms with van der Waals surface area (Å²) in [6.07, 6.45) is 7.24. The summed E-state index contributed by atoms with van der Waals surface area (Å²) in [5.41, 5.74) is 2.29. The number of thiazole rings is 1. The van der Waals surface area contributed by atoms with Crippen LogP contribution in [0.3, 0.4) is 0 Å². The first-order valence-electron chi connectivity index (χ1n) is 8.28. The summed E-state index contributed by atoms with van der Waals surface area (Å²) in [5.74, 6) is 1.75. The normalized spacial score (nSPS) is 11.6. The second-order valence-electron chi connectivity index (χ2n) is 5.83. The van der Waals surface area contributed by atoms with Crippen molar-refractivity contribution < 1.29 is 14.3 Å². The van der Waals surface area contributed by atoms with Gasteiger partial charge in [0.15, 0.2) is 10.5 Å². The van der Waals surface area contributed by atoms with E-state index >= 15 is 0 Å². The molecule has 0 radical (unpaired) electrons. The van der Waals surface area contributed by atoms with Crippen LogP contribution in [0.2, 0.25) is 0 Å². The molecule has 0 bridgehead atoms. The molecule has 3 rings (SSSR count). The van der Waals surface area contributed by atoms with E-state index in [0.29, 0.717) is 22.7 Å². The van der Waals surface area contributed by atoms with Crippen LogP contribution < -0.4 is 4.80 Å². The predicted octanol–water partition coefficient (Wildman–Crippen LogP) is 2.30. The molecular weight excluding hydrogens is 364 g/mol. The first-order chi connectivity index (χ1) is 12.9. The Morgan fingerprint density at radius 1 is 1.41 bits per heavy atom. The number of rotatable bonds is 4. The summed E-state index contributed by atoms with van der Waals surface area (Å²) >= 11 is 1.29. The van der Waals surface area contributed by atoms with Crippen LogP contribution in [0.5, 0.6) is 0 Å². The van der Waals surface area contributed by atoms with Gasteiger partial charge in [-0.25, -0.2) is 4.79 Å². The number of aromatic nitrogens is 3. The smallest absolute Gasteiger partial charge is 0.338 e. The number of hydrogen-bond acceptors (Lipinski definition) is 5. The van der Waals surface area contributed by atoms with E-state index in [-0.39, 0.29) is 6.54 Å². The molecule has 0 unspecified atom stereocenters. The van der Waals surface area contributed by atoms with Gasteiger partial charge in [0, 0.05) is 18.8 Å². The van der Waals surface area contributed by atoms with E-state index in [4.69, 9.17) is 11.2 Å². The molecule has 0 N–H and O–H groups in total. The number of carbonyl (C=O) groups excluding carboxylic acids is 2. The molecule has 0 atom stereocenters. The maximum Gasteiger partial charge on any atom is 0.338 e. The number of esters is 1. The lowest BCUT2D eigenvalue weighted by atomic mass is 10.2. The van der Waals surface area contributed by atoms with Crippen molar-refractivity contribution in [1.29, 1.82) is 0 Å². The van der Waals surface area contributed by atoms with Gasteiger partial charge in [-0.2, -0.15) is 10.1 Å². The van der Waals surface area contributed by atoms with E-state index in [9.17, 15) is 9.59 Å². The largest absolute Gasteiger partial charge is 0.462 e. The molecule has 0 fully saturated rings. The van der Waals surface area contributed by atoms with E-state index in [1.807, 2.05) is 6.92 Å². The van der Waals surface area contributed by atoms with Crippen LogP contribution >= 0.6 is 11.3 Å². The average molecular weight is 382 g/mol. The van der Waals surface area contributed by atoms with E-state index < -0.39 is 11.9 Å². The number of terminal acetylenes is 1. The highest BCUT2D eigenvalue weighted by molar-refractivity contribution is 7.16. The lowest BCUT2D eigenvalue weighted by molar-refractivity contribution is 0.0526. The molecule has 138 valence electrons. The Morgan fingerprint density at radius 3 is 2.81 bits per heavy atom. The van der Waals surface area contributed by atoms with E-state index in [2.05, 4.69) is 16.0 Å². The van der Waals surface area contributed by atoms with Gasteiger partial charge in [-0.3, -0.25) is 9.48 Å². The summed E-state index contributed by atoms with van der Waals surface area (Å²) in [6.45, 7) is 4.12. The minimum absolute atomic E-state index is 0.256. The molecule has 0 saturated carbocycles. The summed E-state index contributed by atoms with van der Waals surface area (Å²) in [4.78, 5) is 29.2. The number of aryl methyl sites for hydroxylation is 2. The van der Waals surface area contributed by atoms with Crippen LogP contribution in [0.4, 0.5) is 0 Å². The van der Waals surface area contributed by atoms with Crippen LogP contribution in [0.25, 0.3) is 10.2 Å². The number of nitrogens with zero attached hydrogens (tertiary/aromatic N) is 4. The maximum absolute atomic E-state index is 12.6. The van der Waals surface area contributed by atoms with E-state index in [0.717, 1.165) is 15.8 Å². The van der Waals surface area contributed by atoms with E-state index in [1.54, 1.807) is 47.6 Å². The second kappa shape index (κ2) is 7.60. The first-order valence-corrected chi connectivity index (χ1v) is 9.09. The molecule has 0 saturated heterocycles. The number of fused-ring (bicyclic) bond motifs is 1. The average Bonchev–Trinajstić information content (AvgIpc) is 3.14. The number of benzene rings is 1. The molecule has 0 spiro atoms. The Kier molecular flexibility index (Phi) is 5.23. The fourth-order valence-electron chi connectivity index (χ4n) is 2.70. The second-order valence-corrected chi connectivity index (χ2v) is 6.84. The Hall–Kier alpha value is -3.18. The number of ether oxygens (including phenoxy) is 1. The monoisotopic (exact) mass is 382 g/mol. The molecule has 2 heterocycles. The van der Waals surface area contributed by atoms with Crippen molar-refractivity contribution in [2.45, 2.75) is 20.4 Å². The molecule has 1 amide bonds. The highest BCUT2D eigenvalue weighted by Gasteiger charge is 2.15. The predicted molar refractivity (Wildman–Crippen MR) is 102 cm³/mol. The Labute approximate surface area is 159 Å². The standard InChI is InChI=1S/C19H18N4O3S/c1-5-9-23-14-8-7-13(18(25)26-6-2)10-15(14)27-19(23)20-17(24)16-12(3)11-22(4)21-16/h1,7-8,10-11H,6,9H2,2-4H3. The minimum atomic E-state index is -0.434. The Morgan fingerprint density at radius 2 is 2.19 bits per heavy atom. The van der Waals surface area contributed by atoms with Crippen molar-refractivity contribution in [3.8, 4) is 12.3 Å². The summed E-state index contributed by atoms with van der Waals surface area (Å²) < 4.78 is 9.17. The van der Waals surface area contributed by atoms with Gasteiger partial charge in [0.05, 0.1) is 28.9 Å². The van der Waals surface area contributed by atoms with Gasteiger partial charge in [-0.15, -0.1) is 6.42 Å². The third-order valence-corrected chi connectivity index (χ3v) is 4.90. The van der Waals surface area contributed by atoms with Crippen molar-refractivity contribution in [3.05, 3.63) is 46.0 Å². The highest BCUT2D eigenvalue weighted by atomic mass is 32.1. The molecule has 0 aliphatic carbocycles. The van der Waals surface area contributed by atoms with Gasteiger partial charge >= 0.3 is 5.97 Å². The van der Waals surface area contributed by atoms with Gasteiger partial charge in [0.1, 0.15) is 0 Å². The lowest BCUT2D eigenvalue weighted by Crippen LogP contribution is -2.17. The molecule has 0 aliphatic heterocycles. The molecule has 8 heteroatoms. The molecule has 7 nitrogen and oxygen atoms in total. The summed E-state index contributed by atoms with van der Waals surface area (Å²) in [6, 6.07) is 5.18. The number of hydrogen-bond donors (Lipinski definition) is 0. The molecular formula is C19H18N4O3S. The van der Waals surface area contributed by atoms with Crippen LogP contribution in [0.1, 0.15) is 33.3 Å². The highest BCUT2D eigenvalue weighted by Crippen LogP contribution is 2.20. The third-order valence-electron chi connectivity index (χ3n) is 3.85. The van der Waals surface area contributed by atoms with Gasteiger partial charge in [0.2, 0.25) is 0 Å². The number of amides is 1. The van der Waals surface area contributed by atoms with Crippen molar-refractivity contribution in [3.63, 3.8) is 0 Å². The molecule has 1 aromatic carbocycles. The quantitative estimate of drug-likeness (QED) is 0.512. The van der Waals surface area contributed by atoms with Crippen LogP contribution in [-0.4, -0.2) is 32.8 Å². The molecule has 27 heavy (non-hydrogen) atoms. The van der Waals surface area contributed by atoms with Gasteiger partial charge in [0.25, 0.3) is 5.91 Å². The SMILES string of the molecule is C#CCn1c(=NC(=O)c2nn(C)cc2C)sc2cc(C(=O)OCC)ccc21. The summed E-state index contributed by atoms with van der Waals surface area (Å²) in [7, 11) is 1.75. The van der Waals surface area contributed by atoms with Crippen LogP contribution in [0, 0.1) is 19.3 Å². The zero-order chi connectivity index (χ0) is 19.6.